The average molecular weight is 652 g/mol. The van der Waals surface area contributed by atoms with E-state index in [0.717, 1.165) is 17.7 Å². The van der Waals surface area contributed by atoms with Crippen LogP contribution in [-0.2, 0) is 22.3 Å². The number of hydrogen-bond acceptors (Lipinski definition) is 4. The van der Waals surface area contributed by atoms with Gasteiger partial charge in [-0.2, -0.15) is 13.2 Å². The lowest BCUT2D eigenvalue weighted by molar-refractivity contribution is -0.137. The van der Waals surface area contributed by atoms with Crippen LogP contribution in [0.3, 0.4) is 0 Å². The zero-order chi connectivity index (χ0) is 34.1. The number of anilines is 1. The molecule has 244 valence electrons. The van der Waals surface area contributed by atoms with Gasteiger partial charge in [0.2, 0.25) is 5.91 Å². The van der Waals surface area contributed by atoms with Gasteiger partial charge in [0.05, 0.1) is 5.56 Å². The second-order valence-corrected chi connectivity index (χ2v) is 11.0. The first-order valence-corrected chi connectivity index (χ1v) is 15.0. The molecule has 1 unspecified atom stereocenters. The minimum absolute atomic E-state index is 0.279. The molecule has 0 aliphatic carbocycles. The number of benzene rings is 5. The molecule has 0 radical (unpaired) electrons. The van der Waals surface area contributed by atoms with Crippen molar-refractivity contribution in [1.29, 1.82) is 0 Å². The zero-order valence-electron chi connectivity index (χ0n) is 25.9. The molecule has 48 heavy (non-hydrogen) atoms. The molecule has 0 heterocycles. The summed E-state index contributed by atoms with van der Waals surface area (Å²) in [6, 6.07) is 35.2. The molecule has 0 aliphatic rings. The Bertz CT molecular complexity index is 1850. The topological polar surface area (TPSA) is 87.7 Å². The maximum atomic E-state index is 13.4. The number of rotatable bonds is 11. The van der Waals surface area contributed by atoms with Crippen molar-refractivity contribution in [2.75, 3.05) is 19.0 Å². The van der Waals surface area contributed by atoms with E-state index in [1.54, 1.807) is 84.7 Å². The third-order valence-corrected chi connectivity index (χ3v) is 7.50. The lowest BCUT2D eigenvalue weighted by Gasteiger charge is -2.25. The lowest BCUT2D eigenvalue weighted by atomic mass is 9.98. The number of nitrogens with zero attached hydrogens (tertiary/aromatic N) is 1. The van der Waals surface area contributed by atoms with Crippen molar-refractivity contribution in [3.05, 3.63) is 156 Å². The number of carbonyl (C=O) groups is 3. The van der Waals surface area contributed by atoms with Gasteiger partial charge in [-0.15, -0.1) is 0 Å². The van der Waals surface area contributed by atoms with E-state index in [2.05, 4.69) is 10.6 Å². The van der Waals surface area contributed by atoms with Crippen LogP contribution in [0.4, 0.5) is 18.9 Å². The molecule has 0 bridgehead atoms. The van der Waals surface area contributed by atoms with Crippen LogP contribution in [0.1, 0.15) is 33.1 Å². The minimum Gasteiger partial charge on any atom is -0.484 e. The summed E-state index contributed by atoms with van der Waals surface area (Å²) < 4.78 is 44.7. The number of carbonyl (C=O) groups excluding carboxylic acids is 3. The quantitative estimate of drug-likeness (QED) is 0.155. The van der Waals surface area contributed by atoms with Crippen LogP contribution >= 0.6 is 0 Å². The van der Waals surface area contributed by atoms with E-state index in [9.17, 15) is 27.6 Å². The fourth-order valence-electron chi connectivity index (χ4n) is 5.04. The number of nitrogens with one attached hydrogen (secondary N) is 2. The molecule has 0 fully saturated rings. The first kappa shape index (κ1) is 33.5. The van der Waals surface area contributed by atoms with Crippen LogP contribution in [-0.4, -0.2) is 36.3 Å². The summed E-state index contributed by atoms with van der Waals surface area (Å²) in [5.74, 6) is -0.870. The van der Waals surface area contributed by atoms with Crippen molar-refractivity contribution in [3.63, 3.8) is 0 Å². The van der Waals surface area contributed by atoms with E-state index >= 15 is 0 Å². The van der Waals surface area contributed by atoms with Crippen LogP contribution in [0.2, 0.25) is 0 Å². The highest BCUT2D eigenvalue weighted by Gasteiger charge is 2.30. The van der Waals surface area contributed by atoms with Gasteiger partial charge in [0, 0.05) is 24.8 Å². The highest BCUT2D eigenvalue weighted by Crippen LogP contribution is 2.32. The molecule has 0 aromatic heterocycles. The molecular formula is C38H32F3N3O4. The second kappa shape index (κ2) is 15.1. The van der Waals surface area contributed by atoms with Crippen LogP contribution in [0.5, 0.6) is 5.75 Å². The van der Waals surface area contributed by atoms with Crippen molar-refractivity contribution in [2.24, 2.45) is 0 Å². The Balaban J connectivity index is 1.19. The standard InChI is InChI=1S/C38H32F3N3O4/c1-44(24-26-10-4-2-5-11-26)37(47)35(28-12-6-3-7-13-28)43-34(45)25-48-31-22-20-30(21-23-31)42-36(46)33-15-9-8-14-32(33)27-16-18-29(19-17-27)38(39,40)41/h2-23,35H,24-25H2,1H3,(H,42,46)(H,43,45). The Morgan fingerprint density at radius 2 is 1.35 bits per heavy atom. The summed E-state index contributed by atoms with van der Waals surface area (Å²) in [4.78, 5) is 41.1. The molecule has 0 aliphatic heterocycles. The summed E-state index contributed by atoms with van der Waals surface area (Å²) in [6.45, 7) is 0.0180. The normalized spacial score (nSPS) is 11.7. The second-order valence-electron chi connectivity index (χ2n) is 11.0. The van der Waals surface area contributed by atoms with E-state index in [1.165, 1.54) is 12.1 Å². The summed E-state index contributed by atoms with van der Waals surface area (Å²) in [5, 5.41) is 5.57. The van der Waals surface area contributed by atoms with Gasteiger partial charge >= 0.3 is 6.18 Å². The van der Waals surface area contributed by atoms with E-state index in [0.29, 0.717) is 34.7 Å². The summed E-state index contributed by atoms with van der Waals surface area (Å²) in [7, 11) is 1.68. The van der Waals surface area contributed by atoms with Crippen molar-refractivity contribution >= 4 is 23.4 Å². The van der Waals surface area contributed by atoms with E-state index < -0.39 is 29.6 Å². The molecule has 0 spiro atoms. The van der Waals surface area contributed by atoms with Crippen LogP contribution in [0, 0.1) is 0 Å². The highest BCUT2D eigenvalue weighted by atomic mass is 19.4. The smallest absolute Gasteiger partial charge is 0.416 e. The summed E-state index contributed by atoms with van der Waals surface area (Å²) in [6.07, 6.45) is -4.46. The molecule has 0 saturated carbocycles. The van der Waals surface area contributed by atoms with E-state index in [4.69, 9.17) is 4.74 Å². The SMILES string of the molecule is CN(Cc1ccccc1)C(=O)C(NC(=O)COc1ccc(NC(=O)c2ccccc2-c2ccc(C(F)(F)F)cc2)cc1)c1ccccc1. The molecule has 1 atom stereocenters. The maximum absolute atomic E-state index is 13.4. The fourth-order valence-corrected chi connectivity index (χ4v) is 5.04. The number of likely N-dealkylation sites (N-methyl/N-ethyl adjacent to an activating group) is 1. The summed E-state index contributed by atoms with van der Waals surface area (Å²) in [5.41, 5.74) is 2.49. The first-order chi connectivity index (χ1) is 23.1. The van der Waals surface area contributed by atoms with Gasteiger partial charge in [0.1, 0.15) is 11.8 Å². The Labute approximate surface area is 276 Å². The Hall–Kier alpha value is -5.90. The van der Waals surface area contributed by atoms with Gasteiger partial charge in [0.25, 0.3) is 11.8 Å². The number of amides is 3. The van der Waals surface area contributed by atoms with Crippen LogP contribution in [0.15, 0.2) is 133 Å². The van der Waals surface area contributed by atoms with Gasteiger partial charge < -0.3 is 20.3 Å². The summed E-state index contributed by atoms with van der Waals surface area (Å²) >= 11 is 0. The zero-order valence-corrected chi connectivity index (χ0v) is 25.9. The number of hydrogen-bond donors (Lipinski definition) is 2. The van der Waals surface area contributed by atoms with Gasteiger partial charge in [-0.1, -0.05) is 91.0 Å². The minimum atomic E-state index is -4.46. The number of halogens is 3. The van der Waals surface area contributed by atoms with Gasteiger partial charge in [0.15, 0.2) is 6.61 Å². The predicted octanol–water partition coefficient (Wildman–Crippen LogP) is 7.52. The Kier molecular flexibility index (Phi) is 10.5. The van der Waals surface area contributed by atoms with Crippen LogP contribution < -0.4 is 15.4 Å². The van der Waals surface area contributed by atoms with Gasteiger partial charge in [-0.3, -0.25) is 14.4 Å². The molecule has 5 aromatic carbocycles. The molecule has 3 amide bonds. The maximum Gasteiger partial charge on any atom is 0.416 e. The predicted molar refractivity (Wildman–Crippen MR) is 177 cm³/mol. The number of ether oxygens (including phenoxy) is 1. The van der Waals surface area contributed by atoms with Crippen molar-refractivity contribution in [2.45, 2.75) is 18.8 Å². The fraction of sp³-hybridized carbons (Fsp3) is 0.132. The molecule has 0 saturated heterocycles. The molecule has 2 N–H and O–H groups in total. The third kappa shape index (κ3) is 8.67. The molecule has 10 heteroatoms. The largest absolute Gasteiger partial charge is 0.484 e. The monoisotopic (exact) mass is 651 g/mol. The highest BCUT2D eigenvalue weighted by molar-refractivity contribution is 6.08. The molecule has 5 aromatic rings. The Morgan fingerprint density at radius 3 is 2.00 bits per heavy atom. The van der Waals surface area contributed by atoms with Crippen LogP contribution in [0.25, 0.3) is 11.1 Å². The van der Waals surface area contributed by atoms with Crippen molar-refractivity contribution in [3.8, 4) is 16.9 Å². The molecule has 5 rings (SSSR count). The lowest BCUT2D eigenvalue weighted by Crippen LogP contribution is -2.42. The average Bonchev–Trinajstić information content (AvgIpc) is 3.10. The van der Waals surface area contributed by atoms with E-state index in [1.807, 2.05) is 36.4 Å². The van der Waals surface area contributed by atoms with Gasteiger partial charge in [-0.25, -0.2) is 0 Å². The van der Waals surface area contributed by atoms with Crippen molar-refractivity contribution in [1.82, 2.24) is 10.2 Å². The molecule has 7 nitrogen and oxygen atoms in total. The molecular weight excluding hydrogens is 619 g/mol. The van der Waals surface area contributed by atoms with Gasteiger partial charge in [-0.05, 0) is 64.7 Å². The van der Waals surface area contributed by atoms with Crippen molar-refractivity contribution < 1.29 is 32.3 Å². The Morgan fingerprint density at radius 1 is 0.750 bits per heavy atom. The third-order valence-electron chi connectivity index (χ3n) is 7.50. The number of alkyl halides is 3. The van der Waals surface area contributed by atoms with E-state index in [-0.39, 0.29) is 18.1 Å². The first-order valence-electron chi connectivity index (χ1n) is 15.0.